The zero-order valence-corrected chi connectivity index (χ0v) is 7.16. The smallest absolute Gasteiger partial charge is 0.0823 e. The van der Waals surface area contributed by atoms with Crippen molar-refractivity contribution in [3.63, 3.8) is 0 Å². The molecule has 1 aliphatic heterocycles. The third kappa shape index (κ3) is 1.18. The first-order valence-electron chi connectivity index (χ1n) is 4.16. The molecule has 2 rings (SSSR count). The van der Waals surface area contributed by atoms with E-state index in [1.54, 1.807) is 0 Å². The van der Waals surface area contributed by atoms with Gasteiger partial charge in [-0.3, -0.25) is 4.68 Å². The van der Waals surface area contributed by atoms with Crippen LogP contribution in [0.15, 0.2) is 6.20 Å². The maximum absolute atomic E-state index is 5.68. The molecule has 1 aromatic heterocycles. The van der Waals surface area contributed by atoms with Gasteiger partial charge in [0.1, 0.15) is 0 Å². The third-order valence-corrected chi connectivity index (χ3v) is 2.23. The van der Waals surface area contributed by atoms with E-state index < -0.39 is 0 Å². The number of hydrogen-bond donors (Lipinski definition) is 1. The lowest BCUT2D eigenvalue weighted by atomic mass is 10.3. The fraction of sp³-hybridized carbons (Fsp3) is 0.625. The highest BCUT2D eigenvalue weighted by Gasteiger charge is 2.18. The molecule has 0 bridgehead atoms. The summed E-state index contributed by atoms with van der Waals surface area (Å²) in [6.07, 6.45) is 2.93. The van der Waals surface area contributed by atoms with Gasteiger partial charge in [-0.15, -0.1) is 0 Å². The number of nitrogens with two attached hydrogens (primary N) is 1. The molecule has 2 heterocycles. The Morgan fingerprint density at radius 2 is 2.58 bits per heavy atom. The molecule has 1 fully saturated rings. The van der Waals surface area contributed by atoms with E-state index in [4.69, 9.17) is 10.5 Å². The molecule has 4 heteroatoms. The van der Waals surface area contributed by atoms with Crippen molar-refractivity contribution in [2.75, 3.05) is 18.9 Å². The summed E-state index contributed by atoms with van der Waals surface area (Å²) in [5.74, 6) is 0. The minimum atomic E-state index is 0.390. The van der Waals surface area contributed by atoms with Crippen LogP contribution in [0.2, 0.25) is 0 Å². The minimum Gasteiger partial charge on any atom is -0.396 e. The predicted octanol–water partition coefficient (Wildman–Crippen LogP) is 0.735. The van der Waals surface area contributed by atoms with Gasteiger partial charge in [-0.25, -0.2) is 0 Å². The molecule has 0 aromatic carbocycles. The molecule has 1 atom stereocenters. The van der Waals surface area contributed by atoms with E-state index in [0.717, 1.165) is 31.0 Å². The fourth-order valence-electron chi connectivity index (χ4n) is 1.41. The van der Waals surface area contributed by atoms with Crippen molar-refractivity contribution in [2.45, 2.75) is 19.4 Å². The molecule has 0 radical (unpaired) electrons. The summed E-state index contributed by atoms with van der Waals surface area (Å²) in [4.78, 5) is 0. The van der Waals surface area contributed by atoms with Crippen LogP contribution in [0, 0.1) is 6.92 Å². The van der Waals surface area contributed by atoms with Crippen LogP contribution in [0.3, 0.4) is 0 Å². The van der Waals surface area contributed by atoms with Crippen molar-refractivity contribution in [3.8, 4) is 0 Å². The molecule has 0 spiro atoms. The highest BCUT2D eigenvalue weighted by Crippen LogP contribution is 2.20. The number of anilines is 1. The summed E-state index contributed by atoms with van der Waals surface area (Å²) in [7, 11) is 0. The van der Waals surface area contributed by atoms with Crippen LogP contribution in [-0.2, 0) is 4.74 Å². The molecular formula is C8H13N3O. The van der Waals surface area contributed by atoms with Gasteiger partial charge in [0.2, 0.25) is 0 Å². The predicted molar refractivity (Wildman–Crippen MR) is 45.8 cm³/mol. The quantitative estimate of drug-likeness (QED) is 0.671. The van der Waals surface area contributed by atoms with E-state index in [1.165, 1.54) is 0 Å². The molecule has 66 valence electrons. The molecule has 2 N–H and O–H groups in total. The van der Waals surface area contributed by atoms with Gasteiger partial charge in [-0.2, -0.15) is 5.10 Å². The molecule has 12 heavy (non-hydrogen) atoms. The number of hydrogen-bond acceptors (Lipinski definition) is 3. The number of ether oxygens (including phenoxy) is 1. The van der Waals surface area contributed by atoms with Crippen molar-refractivity contribution in [2.24, 2.45) is 0 Å². The van der Waals surface area contributed by atoms with Crippen molar-refractivity contribution in [3.05, 3.63) is 11.9 Å². The maximum Gasteiger partial charge on any atom is 0.0823 e. The van der Waals surface area contributed by atoms with Crippen LogP contribution in [0.25, 0.3) is 0 Å². The molecule has 1 aromatic rings. The summed E-state index contributed by atoms with van der Waals surface area (Å²) in [6, 6.07) is 0.390. The zero-order valence-electron chi connectivity index (χ0n) is 7.16. The number of nitrogens with zero attached hydrogens (tertiary/aromatic N) is 2. The summed E-state index contributed by atoms with van der Waals surface area (Å²) in [5.41, 5.74) is 7.35. The highest BCUT2D eigenvalue weighted by molar-refractivity contribution is 5.39. The van der Waals surface area contributed by atoms with Gasteiger partial charge in [-0.05, 0) is 13.3 Å². The summed E-state index contributed by atoms with van der Waals surface area (Å²) < 4.78 is 7.17. The molecule has 1 aliphatic rings. The zero-order chi connectivity index (χ0) is 8.55. The van der Waals surface area contributed by atoms with Crippen LogP contribution < -0.4 is 5.73 Å². The van der Waals surface area contributed by atoms with Gasteiger partial charge >= 0.3 is 0 Å². The molecule has 1 saturated heterocycles. The van der Waals surface area contributed by atoms with Crippen molar-refractivity contribution < 1.29 is 4.74 Å². The average Bonchev–Trinajstić information content (AvgIpc) is 2.61. The maximum atomic E-state index is 5.68. The van der Waals surface area contributed by atoms with E-state index in [1.807, 2.05) is 17.8 Å². The lowest BCUT2D eigenvalue weighted by molar-refractivity contribution is 0.184. The number of nitrogen functional groups attached to an aromatic ring is 1. The molecular weight excluding hydrogens is 154 g/mol. The second-order valence-corrected chi connectivity index (χ2v) is 3.17. The van der Waals surface area contributed by atoms with Gasteiger partial charge in [0.15, 0.2) is 0 Å². The van der Waals surface area contributed by atoms with Crippen molar-refractivity contribution >= 4 is 5.69 Å². The molecule has 1 unspecified atom stereocenters. The van der Waals surface area contributed by atoms with Gasteiger partial charge in [0.05, 0.1) is 24.0 Å². The average molecular weight is 167 g/mol. The number of aromatic nitrogens is 2. The Kier molecular flexibility index (Phi) is 1.77. The van der Waals surface area contributed by atoms with Crippen molar-refractivity contribution in [1.29, 1.82) is 0 Å². The summed E-state index contributed by atoms with van der Waals surface area (Å²) in [6.45, 7) is 3.52. The Balaban J connectivity index is 2.21. The SMILES string of the molecule is Cc1nn(C2CCOC2)cc1N. The minimum absolute atomic E-state index is 0.390. The lowest BCUT2D eigenvalue weighted by Crippen LogP contribution is -2.08. The second kappa shape index (κ2) is 2.79. The first kappa shape index (κ1) is 7.61. The van der Waals surface area contributed by atoms with Gasteiger partial charge in [-0.1, -0.05) is 0 Å². The van der Waals surface area contributed by atoms with Crippen LogP contribution in [0.4, 0.5) is 5.69 Å². The topological polar surface area (TPSA) is 53.1 Å². The van der Waals surface area contributed by atoms with E-state index in [-0.39, 0.29) is 0 Å². The van der Waals surface area contributed by atoms with Crippen LogP contribution in [0.5, 0.6) is 0 Å². The summed E-state index contributed by atoms with van der Waals surface area (Å²) >= 11 is 0. The molecule has 0 amide bonds. The monoisotopic (exact) mass is 167 g/mol. The van der Waals surface area contributed by atoms with E-state index in [9.17, 15) is 0 Å². The Labute approximate surface area is 71.3 Å². The van der Waals surface area contributed by atoms with E-state index in [0.29, 0.717) is 6.04 Å². The van der Waals surface area contributed by atoms with Crippen molar-refractivity contribution in [1.82, 2.24) is 9.78 Å². The van der Waals surface area contributed by atoms with Gasteiger partial charge in [0, 0.05) is 12.8 Å². The Morgan fingerprint density at radius 1 is 1.75 bits per heavy atom. The standard InChI is InChI=1S/C8H13N3O/c1-6-8(9)4-11(10-6)7-2-3-12-5-7/h4,7H,2-3,5,9H2,1H3. The fourth-order valence-corrected chi connectivity index (χ4v) is 1.41. The van der Waals surface area contributed by atoms with Crippen LogP contribution in [0.1, 0.15) is 18.2 Å². The van der Waals surface area contributed by atoms with E-state index >= 15 is 0 Å². The first-order chi connectivity index (χ1) is 5.77. The third-order valence-electron chi connectivity index (χ3n) is 2.23. The van der Waals surface area contributed by atoms with Crippen LogP contribution in [-0.4, -0.2) is 23.0 Å². The summed E-state index contributed by atoms with van der Waals surface area (Å²) in [5, 5.41) is 4.30. The Morgan fingerprint density at radius 3 is 3.08 bits per heavy atom. The molecule has 0 aliphatic carbocycles. The van der Waals surface area contributed by atoms with Gasteiger partial charge < -0.3 is 10.5 Å². The Bertz CT molecular complexity index is 256. The molecule has 0 saturated carbocycles. The van der Waals surface area contributed by atoms with Gasteiger partial charge in [0.25, 0.3) is 0 Å². The normalized spacial score (nSPS) is 23.2. The second-order valence-electron chi connectivity index (χ2n) is 3.17. The van der Waals surface area contributed by atoms with Crippen LogP contribution >= 0.6 is 0 Å². The van der Waals surface area contributed by atoms with E-state index in [2.05, 4.69) is 5.10 Å². The first-order valence-corrected chi connectivity index (χ1v) is 4.16. The lowest BCUT2D eigenvalue weighted by Gasteiger charge is -2.06. The number of aryl methyl sites for hydroxylation is 1. The largest absolute Gasteiger partial charge is 0.396 e. The molecule has 4 nitrogen and oxygen atoms in total. The Hall–Kier alpha value is -1.03. The highest BCUT2D eigenvalue weighted by atomic mass is 16.5. The number of rotatable bonds is 1.